The lowest BCUT2D eigenvalue weighted by Gasteiger charge is -2.41. The van der Waals surface area contributed by atoms with E-state index in [9.17, 15) is 48.7 Å². The van der Waals surface area contributed by atoms with Crippen LogP contribution in [0.5, 0.6) is 0 Å². The third kappa shape index (κ3) is 29.4. The number of carbonyl (C=O) groups is 9. The van der Waals surface area contributed by atoms with Crippen LogP contribution >= 0.6 is 0 Å². The van der Waals surface area contributed by atoms with Crippen LogP contribution in [0.3, 0.4) is 0 Å². The first-order valence-corrected chi connectivity index (χ1v) is 42.3. The van der Waals surface area contributed by atoms with Crippen LogP contribution < -0.4 is 43.0 Å². The summed E-state index contributed by atoms with van der Waals surface area (Å²) in [5.74, 6) is -4.19. The predicted octanol–water partition coefficient (Wildman–Crippen LogP) is 10.6. The molecule has 29 heteroatoms. The maximum Gasteiger partial charge on any atom is 0.312 e. The van der Waals surface area contributed by atoms with Gasteiger partial charge >= 0.3 is 6.03 Å². The molecule has 0 radical (unpaired) electrons. The number of ether oxygens (including phenoxy) is 4. The molecule has 2 aliphatic carbocycles. The number of fused-ring (bicyclic) bond motifs is 3. The number of benzene rings is 2. The van der Waals surface area contributed by atoms with Crippen LogP contribution in [0.1, 0.15) is 194 Å². The summed E-state index contributed by atoms with van der Waals surface area (Å²) in [5, 5.41) is 23.9. The number of hydrogen-bond donors (Lipinski definition) is 8. The van der Waals surface area contributed by atoms with Gasteiger partial charge < -0.3 is 71.7 Å². The first-order valence-electron chi connectivity index (χ1n) is 42.3. The lowest BCUT2D eigenvalue weighted by atomic mass is 9.71. The molecule has 0 saturated carbocycles. The molecule has 1 fully saturated rings. The van der Waals surface area contributed by atoms with E-state index in [2.05, 4.69) is 110 Å². The number of likely N-dealkylation sites (tertiary alicyclic amines) is 1. The molecule has 1 saturated heterocycles. The molecule has 13 atom stereocenters. The number of amides is 10. The van der Waals surface area contributed by atoms with E-state index >= 15 is 0 Å². The Labute approximate surface area is 693 Å². The first-order chi connectivity index (χ1) is 55.8. The van der Waals surface area contributed by atoms with Crippen molar-refractivity contribution in [2.24, 2.45) is 51.8 Å². The molecule has 1 aromatic heterocycles. The van der Waals surface area contributed by atoms with Gasteiger partial charge in [0.2, 0.25) is 41.4 Å². The van der Waals surface area contributed by atoms with Gasteiger partial charge in [-0.05, 0) is 140 Å². The predicted molar refractivity (Wildman–Crippen MR) is 456 cm³/mol. The smallest absolute Gasteiger partial charge is 0.312 e. The van der Waals surface area contributed by atoms with Crippen LogP contribution in [0.15, 0.2) is 95.2 Å². The molecule has 29 nitrogen and oxygen atoms in total. The topological polar surface area (TPSA) is 385 Å². The summed E-state index contributed by atoms with van der Waals surface area (Å²) in [6.07, 6.45) is 20.4. The zero-order valence-corrected chi connectivity index (χ0v) is 72.6. The lowest BCUT2D eigenvalue weighted by molar-refractivity contribution is -0.148. The number of hydrogen-bond acceptors (Lipinski definition) is 17. The lowest BCUT2D eigenvalue weighted by Crippen LogP contribution is -2.60. The summed E-state index contributed by atoms with van der Waals surface area (Å²) in [5.41, 5.74) is 21.9. The Morgan fingerprint density at radius 1 is 0.744 bits per heavy atom. The average molecular weight is 1630 g/mol. The molecule has 6 rings (SSSR count). The molecule has 3 aliphatic rings. The molecule has 117 heavy (non-hydrogen) atoms. The largest absolute Gasteiger partial charge is 0.379 e. The standard InChI is InChI=1S/C88H136N16O13/c1-18-21-39-88(13)52-71-69(49-62-28-23-22-24-29-64(88)47-62)97-70-50-63(34-37-67(70)96-71)82(108)91-41-44-117-46-45-116-43-38-74(105)99-76(55(4)5)84(110)98-68(30-25-40-92-87(89)113)83(109)94-65-35-32-61(33-36-65)48-66(53-93-101-90)95-81(107)60(12)80(115-17)72-31-26-42-104(72)75(106)51-73(114-16)79(59(11)20-3)103(15)86(112)77(56(6)7)100-85(111)78(57(8)9)102(14)54-58(10)27-19-2/h22-24,28-29,32-37,47,50,55-60,66,68,72-73,76-80H,18-21,25-27,30-31,38-46,48-49,51-54H2,1-17H3,(H,91,108)(H,94,109)(H,95,107)(H,98,110)(H,99,105)(H,100,111)(H3,89,92,113)/b23-22?,24-22-,28-23-,29-24?,62-28?,62-47+,64-29+,64-47?/t58?,59-,60+,66-,68-,72-,73+,76-,77-,78-,79-,80+,88?/m0/s1. The number of methoxy groups -OCH3 is 2. The Balaban J connectivity index is 0.984. The fraction of sp³-hybridized carbons (Fsp3) is 0.648. The first kappa shape index (κ1) is 96.7. The van der Waals surface area contributed by atoms with Crippen molar-refractivity contribution in [3.05, 3.63) is 123 Å². The second-order valence-corrected chi connectivity index (χ2v) is 33.3. The van der Waals surface area contributed by atoms with Crippen molar-refractivity contribution in [2.75, 3.05) is 92.8 Å². The van der Waals surface area contributed by atoms with Gasteiger partial charge in [-0.2, -0.15) is 0 Å². The normalized spacial score (nSPS) is 19.6. The number of allylic oxidation sites excluding steroid dienone is 8. The molecule has 2 unspecified atom stereocenters. The summed E-state index contributed by atoms with van der Waals surface area (Å²) in [4.78, 5) is 143. The van der Waals surface area contributed by atoms with Crippen molar-refractivity contribution >= 4 is 70.0 Å². The van der Waals surface area contributed by atoms with E-state index in [1.165, 1.54) is 19.8 Å². The van der Waals surface area contributed by atoms with Crippen LogP contribution in [0, 0.1) is 40.9 Å². The van der Waals surface area contributed by atoms with Gasteiger partial charge in [-0.15, -0.1) is 0 Å². The van der Waals surface area contributed by atoms with Gasteiger partial charge in [-0.1, -0.05) is 169 Å². The quantitative estimate of drug-likeness (QED) is 0.0113. The molecular formula is C88H136N16O13. The number of primary amides is 1. The highest BCUT2D eigenvalue weighted by Gasteiger charge is 2.44. The molecule has 10 amide bonds. The van der Waals surface area contributed by atoms with Crippen molar-refractivity contribution < 1.29 is 62.1 Å². The maximum atomic E-state index is 14.8. The summed E-state index contributed by atoms with van der Waals surface area (Å²) in [6.45, 7) is 28.0. The van der Waals surface area contributed by atoms with Gasteiger partial charge in [-0.3, -0.25) is 43.3 Å². The van der Waals surface area contributed by atoms with Crippen molar-refractivity contribution in [3.8, 4) is 0 Å². The highest BCUT2D eigenvalue weighted by atomic mass is 16.5. The monoisotopic (exact) mass is 1630 g/mol. The molecule has 0 spiro atoms. The van der Waals surface area contributed by atoms with E-state index in [0.717, 1.165) is 67.5 Å². The highest BCUT2D eigenvalue weighted by Crippen LogP contribution is 2.41. The van der Waals surface area contributed by atoms with Crippen molar-refractivity contribution in [3.63, 3.8) is 0 Å². The van der Waals surface area contributed by atoms with Crippen molar-refractivity contribution in [2.45, 2.75) is 241 Å². The fourth-order valence-electron chi connectivity index (χ4n) is 16.2. The number of urea groups is 1. The van der Waals surface area contributed by atoms with Gasteiger partial charge in [0.05, 0.1) is 91.5 Å². The van der Waals surface area contributed by atoms with E-state index in [1.54, 1.807) is 74.0 Å². The van der Waals surface area contributed by atoms with Crippen LogP contribution in [0.25, 0.3) is 21.5 Å². The minimum absolute atomic E-state index is 0.0143. The van der Waals surface area contributed by atoms with Crippen LogP contribution in [0.2, 0.25) is 0 Å². The minimum Gasteiger partial charge on any atom is -0.379 e. The average Bonchev–Trinajstić information content (AvgIpc) is 1.15. The van der Waals surface area contributed by atoms with Crippen LogP contribution in [-0.4, -0.2) is 220 Å². The number of rotatable bonds is 49. The zero-order chi connectivity index (χ0) is 86.1. The van der Waals surface area contributed by atoms with Crippen LogP contribution in [0.4, 0.5) is 10.5 Å². The van der Waals surface area contributed by atoms with Gasteiger partial charge in [0.15, 0.2) is 0 Å². The highest BCUT2D eigenvalue weighted by molar-refractivity contribution is 5.99. The molecule has 2 aromatic carbocycles. The Morgan fingerprint density at radius 3 is 2.10 bits per heavy atom. The molecule has 646 valence electrons. The number of anilines is 1. The third-order valence-electron chi connectivity index (χ3n) is 22.8. The third-order valence-corrected chi connectivity index (χ3v) is 22.8. The molecule has 2 bridgehead atoms. The number of nitrogens with zero attached hydrogens (tertiary/aromatic N) is 8. The summed E-state index contributed by atoms with van der Waals surface area (Å²) >= 11 is 0. The Morgan fingerprint density at radius 2 is 1.45 bits per heavy atom. The van der Waals surface area contributed by atoms with Gasteiger partial charge in [0.25, 0.3) is 5.91 Å². The second kappa shape index (κ2) is 48.7. The SMILES string of the molecule is CCCCC1(C)Cc2nc3ccc(C(=O)NCCOCCOCCC(=O)N[C@H](C(=O)N[C@@H](CCCNC(N)=O)C(=O)Nc4ccc(C[C@@H](CN=[N+]=[N-])NC(=O)[C@H](C)[C@@H](OC)[C@@H]5CCCN5C(=O)C[C@@H](OC)[C@H]([C@@H](C)CC)N(C)C(=O)[C@@H](NC(=O)[C@H](C(C)C)N(C)CC(C)CCC)C(C)C)cc4)C(C)C)cc3nc2CC2=C/C1=C\C=C/C=C\2. The summed E-state index contributed by atoms with van der Waals surface area (Å²) < 4.78 is 23.7. The number of likely N-dealkylation sites (N-methyl/N-ethyl adjacent to an activating group) is 2. The Hall–Kier alpha value is -9.12. The van der Waals surface area contributed by atoms with E-state index < -0.39 is 96.0 Å². The molecule has 2 heterocycles. The molecule has 9 N–H and O–H groups in total. The molecular weight excluding hydrogens is 1490 g/mol. The molecule has 1 aliphatic heterocycles. The summed E-state index contributed by atoms with van der Waals surface area (Å²) in [7, 11) is 6.73. The van der Waals surface area contributed by atoms with Crippen LogP contribution in [-0.2, 0) is 71.8 Å². The zero-order valence-electron chi connectivity index (χ0n) is 72.6. The minimum atomic E-state index is -1.13. The summed E-state index contributed by atoms with van der Waals surface area (Å²) in [6, 6.07) is 6.24. The van der Waals surface area contributed by atoms with Gasteiger partial charge in [0.1, 0.15) is 18.1 Å². The Bertz CT molecular complexity index is 3950. The number of aromatic nitrogens is 2. The van der Waals surface area contributed by atoms with E-state index in [-0.39, 0.29) is 125 Å². The van der Waals surface area contributed by atoms with Gasteiger partial charge in [0, 0.05) is 95.5 Å². The number of azide groups is 1. The van der Waals surface area contributed by atoms with E-state index in [1.807, 2.05) is 60.7 Å². The van der Waals surface area contributed by atoms with Gasteiger partial charge in [-0.25, -0.2) is 14.8 Å². The van der Waals surface area contributed by atoms with Crippen molar-refractivity contribution in [1.29, 1.82) is 0 Å². The Kier molecular flexibility index (Phi) is 40.2. The maximum absolute atomic E-state index is 14.8. The second-order valence-electron chi connectivity index (χ2n) is 33.3. The van der Waals surface area contributed by atoms with E-state index in [0.29, 0.717) is 60.5 Å². The number of carbonyl (C=O) groups excluding carboxylic acids is 9. The number of nitrogens with two attached hydrogens (primary N) is 1. The van der Waals surface area contributed by atoms with E-state index in [4.69, 9.17) is 34.6 Å². The van der Waals surface area contributed by atoms with Crippen molar-refractivity contribution in [1.82, 2.24) is 56.6 Å². The fourth-order valence-corrected chi connectivity index (χ4v) is 16.2. The molecule has 3 aromatic rings. The number of nitrogens with one attached hydrogen (secondary N) is 7. The number of unbranched alkanes of at least 4 members (excludes halogenated alkanes) is 1.